The van der Waals surface area contributed by atoms with Crippen LogP contribution in [-0.2, 0) is 23.9 Å². The van der Waals surface area contributed by atoms with Crippen LogP contribution < -0.4 is 5.32 Å². The van der Waals surface area contributed by atoms with Gasteiger partial charge in [0.1, 0.15) is 18.4 Å². The number of hydrogen-bond acceptors (Lipinski definition) is 9. The average molecular weight is 775 g/mol. The van der Waals surface area contributed by atoms with E-state index in [9.17, 15) is 34.5 Å². The number of ether oxygens (including phenoxy) is 1. The van der Waals surface area contributed by atoms with Gasteiger partial charge in [-0.2, -0.15) is 0 Å². The Morgan fingerprint density at radius 3 is 2.47 bits per heavy atom. The highest BCUT2D eigenvalue weighted by Gasteiger charge is 2.76. The van der Waals surface area contributed by atoms with Crippen molar-refractivity contribution in [3.8, 4) is 0 Å². The summed E-state index contributed by atoms with van der Waals surface area (Å²) in [5, 5.41) is 36.2. The topological polar surface area (TPSA) is 153 Å². The summed E-state index contributed by atoms with van der Waals surface area (Å²) >= 11 is 1.38. The van der Waals surface area contributed by atoms with Crippen molar-refractivity contribution in [1.29, 1.82) is 0 Å². The minimum Gasteiger partial charge on any atom is -0.390 e. The number of fused-ring (bicyclic) bond motifs is 5. The zero-order valence-electron chi connectivity index (χ0n) is 30.5. The van der Waals surface area contributed by atoms with E-state index in [4.69, 9.17) is 4.74 Å². The summed E-state index contributed by atoms with van der Waals surface area (Å²) in [6, 6.07) is 13.9. The number of halogens is 2. The second-order valence-electron chi connectivity index (χ2n) is 15.6. The number of carbonyl (C=O) groups excluding carboxylic acids is 4. The van der Waals surface area contributed by atoms with Crippen molar-refractivity contribution in [3.63, 3.8) is 0 Å². The molecular weight excluding hydrogens is 731 g/mol. The Labute approximate surface area is 322 Å². The molecule has 0 unspecified atom stereocenters. The number of nitrogens with zero attached hydrogens (tertiary/aromatic N) is 1. The van der Waals surface area contributed by atoms with Gasteiger partial charge in [0.2, 0.25) is 5.91 Å². The predicted molar refractivity (Wildman–Crippen MR) is 200 cm³/mol. The number of benzene rings is 2. The van der Waals surface area contributed by atoms with Crippen LogP contribution in [0.5, 0.6) is 0 Å². The molecule has 2 aromatic rings. The second-order valence-corrected chi connectivity index (χ2v) is 16.8. The van der Waals surface area contributed by atoms with Crippen molar-refractivity contribution in [2.24, 2.45) is 22.7 Å². The molecule has 0 radical (unpaired) electrons. The molecule has 0 spiro atoms. The normalized spacial score (nSPS) is 34.2. The lowest BCUT2D eigenvalue weighted by atomic mass is 9.44. The number of aliphatic hydroxyl groups excluding tert-OH is 3. The quantitative estimate of drug-likeness (QED) is 0.166. The van der Waals surface area contributed by atoms with Gasteiger partial charge in [0.05, 0.1) is 6.10 Å². The van der Waals surface area contributed by atoms with Crippen LogP contribution in [-0.4, -0.2) is 80.4 Å². The summed E-state index contributed by atoms with van der Waals surface area (Å²) in [4.78, 5) is 52.4. The molecule has 4 N–H and O–H groups in total. The highest BCUT2D eigenvalue weighted by Crippen LogP contribution is 2.71. The number of carbonyl (C=O) groups is 4. The van der Waals surface area contributed by atoms with Crippen molar-refractivity contribution in [3.05, 3.63) is 102 Å². The molecule has 3 fully saturated rings. The number of hydrogen-bond donors (Lipinski definition) is 4. The van der Waals surface area contributed by atoms with E-state index in [-0.39, 0.29) is 50.1 Å². The summed E-state index contributed by atoms with van der Waals surface area (Å²) in [7, 11) is 0. The van der Waals surface area contributed by atoms with Crippen molar-refractivity contribution in [1.82, 2.24) is 4.90 Å². The molecule has 0 saturated heterocycles. The van der Waals surface area contributed by atoms with Crippen LogP contribution in [0.15, 0.2) is 106 Å². The summed E-state index contributed by atoms with van der Waals surface area (Å²) in [5.41, 5.74) is -5.08. The highest BCUT2D eigenvalue weighted by molar-refractivity contribution is 7.99. The van der Waals surface area contributed by atoms with Crippen LogP contribution >= 0.6 is 11.8 Å². The van der Waals surface area contributed by atoms with Gasteiger partial charge in [-0.1, -0.05) is 61.7 Å². The summed E-state index contributed by atoms with van der Waals surface area (Å²) < 4.78 is 39.9. The molecule has 13 heteroatoms. The summed E-state index contributed by atoms with van der Waals surface area (Å²) in [6.07, 6.45) is 2.25. The maximum absolute atomic E-state index is 17.7. The van der Waals surface area contributed by atoms with Gasteiger partial charge in [0.15, 0.2) is 17.7 Å². The number of amides is 3. The van der Waals surface area contributed by atoms with Gasteiger partial charge >= 0.3 is 0 Å². The minimum absolute atomic E-state index is 0.0325. The Hall–Kier alpha value is -4.27. The first-order valence-corrected chi connectivity index (χ1v) is 19.2. The lowest BCUT2D eigenvalue weighted by Crippen LogP contribution is -2.70. The van der Waals surface area contributed by atoms with Crippen LogP contribution in [0, 0.1) is 22.7 Å². The van der Waals surface area contributed by atoms with E-state index in [2.05, 4.69) is 11.9 Å². The number of anilines is 1. The van der Waals surface area contributed by atoms with Crippen LogP contribution in [0.25, 0.3) is 0 Å². The first-order valence-electron chi connectivity index (χ1n) is 18.4. The van der Waals surface area contributed by atoms with E-state index in [1.807, 2.05) is 6.07 Å². The Morgan fingerprint density at radius 2 is 1.78 bits per heavy atom. The Balaban J connectivity index is 1.05. The largest absolute Gasteiger partial charge is 0.390 e. The van der Waals surface area contributed by atoms with Crippen molar-refractivity contribution < 1.29 is 48.0 Å². The molecule has 9 atom stereocenters. The number of aliphatic hydroxyl groups is 3. The maximum atomic E-state index is 17.7. The van der Waals surface area contributed by atoms with Gasteiger partial charge in [-0.3, -0.25) is 24.1 Å². The molecule has 0 bridgehead atoms. The number of nitrogens with one attached hydrogen (secondary N) is 1. The molecule has 2 aromatic carbocycles. The molecule has 3 saturated carbocycles. The molecule has 1 heterocycles. The number of imide groups is 1. The van der Waals surface area contributed by atoms with Crippen molar-refractivity contribution in [2.45, 2.75) is 85.6 Å². The molecule has 0 aromatic heterocycles. The number of allylic oxidation sites excluding steroid dienone is 5. The fourth-order valence-corrected chi connectivity index (χ4v) is 10.8. The smallest absolute Gasteiger partial charge is 0.253 e. The lowest BCUT2D eigenvalue weighted by Gasteiger charge is -2.63. The molecular formula is C42H44F2N2O8S. The Morgan fingerprint density at radius 1 is 1.07 bits per heavy atom. The highest BCUT2D eigenvalue weighted by atomic mass is 32.2. The molecule has 290 valence electrons. The van der Waals surface area contributed by atoms with Crippen LogP contribution in [0.3, 0.4) is 0 Å². The number of Topliss-reactive ketones (excluding diaryl/α,β-unsaturated/α-hetero) is 1. The second kappa shape index (κ2) is 14.3. The van der Waals surface area contributed by atoms with Gasteiger partial charge in [-0.25, -0.2) is 8.78 Å². The van der Waals surface area contributed by atoms with Gasteiger partial charge in [-0.15, -0.1) is 0 Å². The third-order valence-corrected chi connectivity index (χ3v) is 13.7. The zero-order chi connectivity index (χ0) is 39.5. The third kappa shape index (κ3) is 6.33. The molecule has 1 aliphatic heterocycles. The molecule has 5 aliphatic rings. The van der Waals surface area contributed by atoms with E-state index in [1.165, 1.54) is 23.9 Å². The van der Waals surface area contributed by atoms with E-state index in [0.29, 0.717) is 16.8 Å². The van der Waals surface area contributed by atoms with Gasteiger partial charge in [0, 0.05) is 62.9 Å². The molecule has 7 rings (SSSR count). The maximum Gasteiger partial charge on any atom is 0.253 e. The number of rotatable bonds is 11. The molecule has 10 nitrogen and oxygen atoms in total. The van der Waals surface area contributed by atoms with Crippen molar-refractivity contribution >= 4 is 41.0 Å². The molecule has 4 aliphatic carbocycles. The van der Waals surface area contributed by atoms with E-state index < -0.39 is 76.7 Å². The minimum atomic E-state index is -2.24. The lowest BCUT2D eigenvalue weighted by molar-refractivity contribution is -0.260. The van der Waals surface area contributed by atoms with E-state index in [0.717, 1.165) is 14.7 Å². The van der Waals surface area contributed by atoms with Crippen LogP contribution in [0.2, 0.25) is 0 Å². The first kappa shape index (κ1) is 39.0. The SMILES string of the molecule is C=C1C=C[C@@]2(C)C(=C1)[C@@H](F)C[C@H]1[C@@H]3CC[C@](O[C@@H](O)c4ccc(Sc5cccc(NC(=O)CCN6C(=O)C=CC6=O)c5)cc4)(C(=O)CO)[C@@]3(C)C[C@H](O)[C@@]12F. The summed E-state index contributed by atoms with van der Waals surface area (Å²) in [5.74, 6) is -3.54. The predicted octanol–water partition coefficient (Wildman–Crippen LogP) is 5.71. The van der Waals surface area contributed by atoms with Gasteiger partial charge in [0.25, 0.3) is 11.8 Å². The fraction of sp³-hybridized carbons (Fsp3) is 0.429. The zero-order valence-corrected chi connectivity index (χ0v) is 31.4. The standard InChI is InChI=1S/C42H44F2N2O8S/c1-24-13-16-39(2)31(19-24)32(43)21-30-29-14-17-41(34(49)23-47,40(29,3)22-33(48)42(30,39)44)54-38(53)25-7-9-27(10-8-25)55-28-6-4-5-26(20-28)45-35(50)15-18-46-36(51)11-12-37(46)52/h4-13,16,19-20,29-30,32-33,38,47-48,53H,1,14-15,17-18,21-23H2,2-3H3,(H,45,50)/t29-,30-,32-,33-,38+,39-,40-,41-,42-/m0/s1. The molecule has 3 amide bonds. The Bertz CT molecular complexity index is 2020. The van der Waals surface area contributed by atoms with E-state index >= 15 is 8.78 Å². The monoisotopic (exact) mass is 774 g/mol. The fourth-order valence-electron chi connectivity index (χ4n) is 9.93. The van der Waals surface area contributed by atoms with Crippen LogP contribution in [0.4, 0.5) is 14.5 Å². The third-order valence-electron chi connectivity index (χ3n) is 12.7. The average Bonchev–Trinajstić information content (AvgIpc) is 3.63. The molecule has 55 heavy (non-hydrogen) atoms. The number of ketones is 1. The van der Waals surface area contributed by atoms with Gasteiger partial charge in [-0.05, 0) is 80.0 Å². The van der Waals surface area contributed by atoms with Crippen molar-refractivity contribution in [2.75, 3.05) is 18.5 Å². The Kier molecular flexibility index (Phi) is 10.2. The van der Waals surface area contributed by atoms with E-state index in [1.54, 1.807) is 74.5 Å². The number of alkyl halides is 2. The van der Waals surface area contributed by atoms with Crippen LogP contribution in [0.1, 0.15) is 57.8 Å². The first-order chi connectivity index (χ1) is 26.1. The van der Waals surface area contributed by atoms with Gasteiger partial charge < -0.3 is 25.4 Å². The summed E-state index contributed by atoms with van der Waals surface area (Å²) in [6.45, 7) is 6.28.